The van der Waals surface area contributed by atoms with Gasteiger partial charge in [-0.1, -0.05) is 30.0 Å². The Morgan fingerprint density at radius 2 is 2.23 bits per heavy atom. The maximum absolute atomic E-state index is 11.6. The van der Waals surface area contributed by atoms with Crippen LogP contribution >= 0.6 is 11.8 Å². The van der Waals surface area contributed by atoms with Gasteiger partial charge >= 0.3 is 0 Å². The molecule has 0 saturated heterocycles. The van der Waals surface area contributed by atoms with Crippen molar-refractivity contribution >= 4 is 17.7 Å². The summed E-state index contributed by atoms with van der Waals surface area (Å²) < 4.78 is 7.20. The third kappa shape index (κ3) is 3.67. The van der Waals surface area contributed by atoms with E-state index in [-0.39, 0.29) is 11.7 Å². The lowest BCUT2D eigenvalue weighted by Crippen LogP contribution is -2.25. The zero-order valence-electron chi connectivity index (χ0n) is 12.6. The minimum atomic E-state index is -0.0632. The van der Waals surface area contributed by atoms with Crippen LogP contribution in [0.4, 0.5) is 0 Å². The standard InChI is InChI=1S/C15H18N4O2S/c1-4-9-16-13(20)10-22-15-18-17-14(19(15)2)11-7-5-6-8-12(11)21-3/h4-8H,1,9-10H2,2-3H3,(H,16,20). The molecule has 0 unspecified atom stereocenters. The Morgan fingerprint density at radius 1 is 1.45 bits per heavy atom. The Hall–Kier alpha value is -2.28. The lowest BCUT2D eigenvalue weighted by atomic mass is 10.2. The number of nitrogens with one attached hydrogen (secondary N) is 1. The van der Waals surface area contributed by atoms with Crippen molar-refractivity contribution in [3.05, 3.63) is 36.9 Å². The first-order chi connectivity index (χ1) is 10.7. The number of hydrogen-bond acceptors (Lipinski definition) is 5. The Bertz CT molecular complexity index is 669. The minimum Gasteiger partial charge on any atom is -0.496 e. The number of carbonyl (C=O) groups is 1. The number of methoxy groups -OCH3 is 1. The average molecular weight is 318 g/mol. The zero-order chi connectivity index (χ0) is 15.9. The van der Waals surface area contributed by atoms with Crippen molar-refractivity contribution < 1.29 is 9.53 Å². The van der Waals surface area contributed by atoms with E-state index >= 15 is 0 Å². The van der Waals surface area contributed by atoms with Gasteiger partial charge in [-0.15, -0.1) is 16.8 Å². The number of thioether (sulfide) groups is 1. The molecule has 0 aliphatic carbocycles. The van der Waals surface area contributed by atoms with Crippen molar-refractivity contribution in [2.75, 3.05) is 19.4 Å². The molecule has 1 amide bonds. The summed E-state index contributed by atoms with van der Waals surface area (Å²) in [6.45, 7) is 4.02. The highest BCUT2D eigenvalue weighted by molar-refractivity contribution is 7.99. The Balaban J connectivity index is 2.12. The van der Waals surface area contributed by atoms with Crippen LogP contribution in [-0.4, -0.2) is 40.1 Å². The fraction of sp³-hybridized carbons (Fsp3) is 0.267. The summed E-state index contributed by atoms with van der Waals surface area (Å²) in [7, 11) is 3.49. The van der Waals surface area contributed by atoms with Gasteiger partial charge in [0.05, 0.1) is 18.4 Å². The van der Waals surface area contributed by atoms with Crippen LogP contribution in [0.15, 0.2) is 42.1 Å². The summed E-state index contributed by atoms with van der Waals surface area (Å²) in [5.74, 6) is 1.66. The number of amides is 1. The predicted octanol–water partition coefficient (Wildman–Crippen LogP) is 1.88. The van der Waals surface area contributed by atoms with Gasteiger partial charge in [0, 0.05) is 13.6 Å². The van der Waals surface area contributed by atoms with Gasteiger partial charge in [-0.3, -0.25) is 4.79 Å². The van der Waals surface area contributed by atoms with E-state index in [1.165, 1.54) is 11.8 Å². The van der Waals surface area contributed by atoms with E-state index in [9.17, 15) is 4.79 Å². The number of nitrogens with zero attached hydrogens (tertiary/aromatic N) is 3. The molecule has 0 fully saturated rings. The van der Waals surface area contributed by atoms with Crippen LogP contribution in [0.3, 0.4) is 0 Å². The smallest absolute Gasteiger partial charge is 0.230 e. The molecule has 2 aromatic rings. The van der Waals surface area contributed by atoms with Gasteiger partial charge in [0.1, 0.15) is 5.75 Å². The van der Waals surface area contributed by atoms with Crippen LogP contribution in [0.1, 0.15) is 0 Å². The first kappa shape index (κ1) is 16.1. The van der Waals surface area contributed by atoms with Crippen molar-refractivity contribution in [3.63, 3.8) is 0 Å². The van der Waals surface area contributed by atoms with Crippen LogP contribution < -0.4 is 10.1 Å². The molecular weight excluding hydrogens is 300 g/mol. The molecule has 0 saturated carbocycles. The number of hydrogen-bond donors (Lipinski definition) is 1. The number of ether oxygens (including phenoxy) is 1. The van der Waals surface area contributed by atoms with Gasteiger partial charge in [-0.2, -0.15) is 0 Å². The summed E-state index contributed by atoms with van der Waals surface area (Å²) >= 11 is 1.34. The lowest BCUT2D eigenvalue weighted by Gasteiger charge is -2.08. The maximum Gasteiger partial charge on any atom is 0.230 e. The summed E-state index contributed by atoms with van der Waals surface area (Å²) in [5.41, 5.74) is 0.864. The van der Waals surface area contributed by atoms with Crippen molar-refractivity contribution in [2.45, 2.75) is 5.16 Å². The average Bonchev–Trinajstić information content (AvgIpc) is 2.91. The molecule has 0 aliphatic rings. The van der Waals surface area contributed by atoms with Gasteiger partial charge in [-0.25, -0.2) is 0 Å². The predicted molar refractivity (Wildman–Crippen MR) is 86.9 cm³/mol. The Morgan fingerprint density at radius 3 is 2.95 bits per heavy atom. The summed E-state index contributed by atoms with van der Waals surface area (Å²) in [6.07, 6.45) is 1.64. The fourth-order valence-electron chi connectivity index (χ4n) is 1.87. The van der Waals surface area contributed by atoms with Gasteiger partial charge in [-0.05, 0) is 12.1 Å². The first-order valence-corrected chi connectivity index (χ1v) is 7.69. The molecule has 0 spiro atoms. The van der Waals surface area contributed by atoms with Gasteiger partial charge in [0.25, 0.3) is 0 Å². The van der Waals surface area contributed by atoms with E-state index in [4.69, 9.17) is 4.74 Å². The highest BCUT2D eigenvalue weighted by Gasteiger charge is 2.15. The van der Waals surface area contributed by atoms with E-state index in [1.54, 1.807) is 13.2 Å². The topological polar surface area (TPSA) is 69.0 Å². The number of benzene rings is 1. The molecule has 6 nitrogen and oxygen atoms in total. The van der Waals surface area contributed by atoms with Crippen LogP contribution in [0.5, 0.6) is 5.75 Å². The minimum absolute atomic E-state index is 0.0632. The highest BCUT2D eigenvalue weighted by atomic mass is 32.2. The fourth-order valence-corrected chi connectivity index (χ4v) is 2.61. The van der Waals surface area contributed by atoms with Crippen molar-refractivity contribution in [3.8, 4) is 17.1 Å². The Kier molecular flexibility index (Phi) is 5.60. The molecular formula is C15H18N4O2S. The van der Waals surface area contributed by atoms with E-state index in [1.807, 2.05) is 35.9 Å². The molecule has 1 heterocycles. The molecule has 22 heavy (non-hydrogen) atoms. The van der Waals surface area contributed by atoms with E-state index < -0.39 is 0 Å². The van der Waals surface area contributed by atoms with Gasteiger partial charge < -0.3 is 14.6 Å². The summed E-state index contributed by atoms with van der Waals surface area (Å²) in [4.78, 5) is 11.6. The molecule has 1 N–H and O–H groups in total. The molecule has 2 rings (SSSR count). The van der Waals surface area contributed by atoms with Gasteiger partial charge in [0.2, 0.25) is 5.91 Å². The van der Waals surface area contributed by atoms with Gasteiger partial charge in [0.15, 0.2) is 11.0 Å². The quantitative estimate of drug-likeness (QED) is 0.623. The second-order valence-electron chi connectivity index (χ2n) is 4.45. The normalized spacial score (nSPS) is 10.3. The molecule has 0 bridgehead atoms. The molecule has 1 aromatic carbocycles. The van der Waals surface area contributed by atoms with Crippen LogP contribution in [0.25, 0.3) is 11.4 Å². The third-order valence-corrected chi connectivity index (χ3v) is 3.98. The number of aromatic nitrogens is 3. The van der Waals surface area contributed by atoms with Crippen molar-refractivity contribution in [1.82, 2.24) is 20.1 Å². The second-order valence-corrected chi connectivity index (χ2v) is 5.39. The van der Waals surface area contributed by atoms with Crippen LogP contribution in [0, 0.1) is 0 Å². The van der Waals surface area contributed by atoms with E-state index in [0.29, 0.717) is 17.5 Å². The number of carbonyl (C=O) groups excluding carboxylic acids is 1. The molecule has 0 aliphatic heterocycles. The summed E-state index contributed by atoms with van der Waals surface area (Å²) in [5, 5.41) is 11.7. The molecule has 116 valence electrons. The largest absolute Gasteiger partial charge is 0.496 e. The monoisotopic (exact) mass is 318 g/mol. The van der Waals surface area contributed by atoms with Crippen molar-refractivity contribution in [1.29, 1.82) is 0 Å². The Labute approximate surface area is 133 Å². The lowest BCUT2D eigenvalue weighted by molar-refractivity contribution is -0.118. The number of rotatable bonds is 7. The molecule has 1 aromatic heterocycles. The third-order valence-electron chi connectivity index (χ3n) is 2.96. The molecule has 0 radical (unpaired) electrons. The van der Waals surface area contributed by atoms with Crippen LogP contribution in [-0.2, 0) is 11.8 Å². The van der Waals surface area contributed by atoms with Crippen molar-refractivity contribution in [2.24, 2.45) is 7.05 Å². The molecule has 0 atom stereocenters. The first-order valence-electron chi connectivity index (χ1n) is 6.70. The van der Waals surface area contributed by atoms with E-state index in [2.05, 4.69) is 22.1 Å². The van der Waals surface area contributed by atoms with Crippen LogP contribution in [0.2, 0.25) is 0 Å². The molecule has 7 heteroatoms. The highest BCUT2D eigenvalue weighted by Crippen LogP contribution is 2.29. The second kappa shape index (κ2) is 7.65. The summed E-state index contributed by atoms with van der Waals surface area (Å²) in [6, 6.07) is 7.62. The zero-order valence-corrected chi connectivity index (χ0v) is 13.4. The maximum atomic E-state index is 11.6. The SMILES string of the molecule is C=CCNC(=O)CSc1nnc(-c2ccccc2OC)n1C. The number of para-hydroxylation sites is 1. The van der Waals surface area contributed by atoms with E-state index in [0.717, 1.165) is 11.3 Å².